The number of nitrogens with one attached hydrogen (secondary N) is 2. The smallest absolute Gasteiger partial charge is 0.319 e. The fourth-order valence-electron chi connectivity index (χ4n) is 2.90. The van der Waals surface area contributed by atoms with E-state index in [1.165, 1.54) is 11.0 Å². The zero-order chi connectivity index (χ0) is 20.3. The topological polar surface area (TPSA) is 78.5 Å². The summed E-state index contributed by atoms with van der Waals surface area (Å²) in [6.45, 7) is 1.86. The minimum Gasteiger partial charge on any atom is -0.331 e. The molecule has 0 spiro atoms. The molecule has 0 saturated carbocycles. The van der Waals surface area contributed by atoms with Crippen molar-refractivity contribution in [1.82, 2.24) is 10.2 Å². The Morgan fingerprint density at radius 2 is 1.68 bits per heavy atom. The Morgan fingerprint density at radius 3 is 2.29 bits per heavy atom. The number of carbonyl (C=O) groups excluding carboxylic acids is 3. The summed E-state index contributed by atoms with van der Waals surface area (Å²) in [5.41, 5.74) is 1.71. The SMILES string of the molecule is CC(NC(=O)Nc1ccc(CN2C(=O)CCC2=O)cc1)c1ccc(F)c(F)c1. The number of benzene rings is 2. The maximum atomic E-state index is 13.3. The van der Waals surface area contributed by atoms with Crippen LogP contribution in [0.15, 0.2) is 42.5 Å². The monoisotopic (exact) mass is 387 g/mol. The van der Waals surface area contributed by atoms with Crippen LogP contribution in [0.5, 0.6) is 0 Å². The van der Waals surface area contributed by atoms with E-state index in [4.69, 9.17) is 0 Å². The first-order chi connectivity index (χ1) is 13.3. The number of halogens is 2. The summed E-state index contributed by atoms with van der Waals surface area (Å²) >= 11 is 0. The third-order valence-corrected chi connectivity index (χ3v) is 4.50. The number of hydrogen-bond acceptors (Lipinski definition) is 3. The highest BCUT2D eigenvalue weighted by Gasteiger charge is 2.28. The standard InChI is InChI=1S/C20H19F2N3O3/c1-12(14-4-7-16(21)17(22)10-14)23-20(28)24-15-5-2-13(3-6-15)11-25-18(26)8-9-19(25)27/h2-7,10,12H,8-9,11H2,1H3,(H2,23,24,28). The van der Waals surface area contributed by atoms with Gasteiger partial charge in [-0.15, -0.1) is 0 Å². The van der Waals surface area contributed by atoms with E-state index in [1.807, 2.05) is 0 Å². The number of amides is 4. The van der Waals surface area contributed by atoms with Crippen LogP contribution < -0.4 is 10.6 Å². The molecule has 0 bridgehead atoms. The van der Waals surface area contributed by atoms with E-state index in [1.54, 1.807) is 31.2 Å². The fourth-order valence-corrected chi connectivity index (χ4v) is 2.90. The Morgan fingerprint density at radius 1 is 1.04 bits per heavy atom. The van der Waals surface area contributed by atoms with Crippen LogP contribution in [0.25, 0.3) is 0 Å². The van der Waals surface area contributed by atoms with Crippen LogP contribution in [0.3, 0.4) is 0 Å². The van der Waals surface area contributed by atoms with E-state index in [-0.39, 0.29) is 31.2 Å². The van der Waals surface area contributed by atoms with Gasteiger partial charge in [-0.1, -0.05) is 18.2 Å². The number of urea groups is 1. The molecule has 0 aliphatic carbocycles. The minimum absolute atomic E-state index is 0.183. The van der Waals surface area contributed by atoms with Gasteiger partial charge in [0.05, 0.1) is 12.6 Å². The largest absolute Gasteiger partial charge is 0.331 e. The van der Waals surface area contributed by atoms with E-state index < -0.39 is 23.7 Å². The Kier molecular flexibility index (Phi) is 5.67. The van der Waals surface area contributed by atoms with Crippen LogP contribution in [0.2, 0.25) is 0 Å². The molecule has 28 heavy (non-hydrogen) atoms. The van der Waals surface area contributed by atoms with Gasteiger partial charge >= 0.3 is 6.03 Å². The molecule has 2 N–H and O–H groups in total. The predicted octanol–water partition coefficient (Wildman–Crippen LogP) is 3.50. The summed E-state index contributed by atoms with van der Waals surface area (Å²) in [5, 5.41) is 5.28. The van der Waals surface area contributed by atoms with Crippen molar-refractivity contribution < 1.29 is 23.2 Å². The maximum Gasteiger partial charge on any atom is 0.319 e. The van der Waals surface area contributed by atoms with Crippen LogP contribution in [0, 0.1) is 11.6 Å². The molecule has 1 heterocycles. The van der Waals surface area contributed by atoms with Gasteiger partial charge in [0, 0.05) is 18.5 Å². The van der Waals surface area contributed by atoms with Gasteiger partial charge in [-0.25, -0.2) is 13.6 Å². The van der Waals surface area contributed by atoms with Crippen molar-refractivity contribution in [2.24, 2.45) is 0 Å². The zero-order valence-electron chi connectivity index (χ0n) is 15.2. The van der Waals surface area contributed by atoms with Gasteiger partial charge in [0.15, 0.2) is 11.6 Å². The lowest BCUT2D eigenvalue weighted by molar-refractivity contribution is -0.139. The third-order valence-electron chi connectivity index (χ3n) is 4.50. The van der Waals surface area contributed by atoms with Gasteiger partial charge in [0.25, 0.3) is 0 Å². The second kappa shape index (κ2) is 8.16. The summed E-state index contributed by atoms with van der Waals surface area (Å²) in [6, 6.07) is 9.16. The van der Waals surface area contributed by atoms with E-state index in [0.717, 1.165) is 17.7 Å². The van der Waals surface area contributed by atoms with Crippen molar-refractivity contribution in [3.63, 3.8) is 0 Å². The van der Waals surface area contributed by atoms with Crippen LogP contribution in [-0.2, 0) is 16.1 Å². The van der Waals surface area contributed by atoms with Crippen molar-refractivity contribution in [1.29, 1.82) is 0 Å². The molecule has 0 radical (unpaired) electrons. The molecule has 0 aromatic heterocycles. The van der Waals surface area contributed by atoms with Gasteiger partial charge in [0.1, 0.15) is 0 Å². The van der Waals surface area contributed by atoms with Gasteiger partial charge in [0.2, 0.25) is 11.8 Å². The highest BCUT2D eigenvalue weighted by molar-refractivity contribution is 6.01. The molecule has 4 amide bonds. The number of imide groups is 1. The first-order valence-electron chi connectivity index (χ1n) is 8.78. The molecule has 1 atom stereocenters. The molecule has 3 rings (SSSR count). The molecule has 2 aromatic carbocycles. The van der Waals surface area contributed by atoms with Crippen molar-refractivity contribution in [2.75, 3.05) is 5.32 Å². The summed E-state index contributed by atoms with van der Waals surface area (Å²) < 4.78 is 26.3. The molecule has 1 unspecified atom stereocenters. The lowest BCUT2D eigenvalue weighted by Crippen LogP contribution is -2.31. The highest BCUT2D eigenvalue weighted by Crippen LogP contribution is 2.18. The zero-order valence-corrected chi connectivity index (χ0v) is 15.2. The average molecular weight is 387 g/mol. The molecule has 1 saturated heterocycles. The third kappa shape index (κ3) is 4.51. The van der Waals surface area contributed by atoms with Crippen LogP contribution in [-0.4, -0.2) is 22.7 Å². The number of hydrogen-bond donors (Lipinski definition) is 2. The number of anilines is 1. The van der Waals surface area contributed by atoms with Crippen LogP contribution in [0.4, 0.5) is 19.3 Å². The van der Waals surface area contributed by atoms with E-state index in [2.05, 4.69) is 10.6 Å². The average Bonchev–Trinajstić information content (AvgIpc) is 2.97. The molecule has 1 fully saturated rings. The van der Waals surface area contributed by atoms with Crippen molar-refractivity contribution in [3.8, 4) is 0 Å². The molecule has 1 aliphatic heterocycles. The van der Waals surface area contributed by atoms with Crippen LogP contribution >= 0.6 is 0 Å². The lowest BCUT2D eigenvalue weighted by Gasteiger charge is -2.16. The maximum absolute atomic E-state index is 13.3. The Balaban J connectivity index is 1.56. The molecule has 8 heteroatoms. The van der Waals surface area contributed by atoms with Gasteiger partial charge in [-0.3, -0.25) is 14.5 Å². The van der Waals surface area contributed by atoms with Gasteiger partial charge in [-0.2, -0.15) is 0 Å². The first kappa shape index (κ1) is 19.5. The Bertz CT molecular complexity index is 899. The summed E-state index contributed by atoms with van der Waals surface area (Å²) in [4.78, 5) is 36.6. The number of nitrogens with zero attached hydrogens (tertiary/aromatic N) is 1. The van der Waals surface area contributed by atoms with Gasteiger partial charge in [-0.05, 0) is 42.3 Å². The Hall–Kier alpha value is -3.29. The van der Waals surface area contributed by atoms with Crippen molar-refractivity contribution >= 4 is 23.5 Å². The predicted molar refractivity (Wildman–Crippen MR) is 98.2 cm³/mol. The normalized spacial score (nSPS) is 14.9. The fraction of sp³-hybridized carbons (Fsp3) is 0.250. The first-order valence-corrected chi connectivity index (χ1v) is 8.78. The van der Waals surface area contributed by atoms with E-state index >= 15 is 0 Å². The second-order valence-corrected chi connectivity index (χ2v) is 6.56. The lowest BCUT2D eigenvalue weighted by atomic mass is 10.1. The number of carbonyl (C=O) groups is 3. The summed E-state index contributed by atoms with van der Waals surface area (Å²) in [5.74, 6) is -2.29. The van der Waals surface area contributed by atoms with E-state index in [0.29, 0.717) is 11.3 Å². The number of rotatable bonds is 5. The summed E-state index contributed by atoms with van der Waals surface area (Å²) in [7, 11) is 0. The Labute approximate surface area is 160 Å². The molecule has 146 valence electrons. The molecule has 2 aromatic rings. The molecule has 1 aliphatic rings. The second-order valence-electron chi connectivity index (χ2n) is 6.56. The minimum atomic E-state index is -0.975. The molecular formula is C20H19F2N3O3. The van der Waals surface area contributed by atoms with Crippen LogP contribution in [0.1, 0.15) is 36.9 Å². The quantitative estimate of drug-likeness (QED) is 0.771. The molecular weight excluding hydrogens is 368 g/mol. The number of likely N-dealkylation sites (tertiary alicyclic amines) is 1. The van der Waals surface area contributed by atoms with Crippen molar-refractivity contribution in [3.05, 3.63) is 65.2 Å². The van der Waals surface area contributed by atoms with E-state index in [9.17, 15) is 23.2 Å². The molecule has 6 nitrogen and oxygen atoms in total. The van der Waals surface area contributed by atoms with Gasteiger partial charge < -0.3 is 10.6 Å². The summed E-state index contributed by atoms with van der Waals surface area (Å²) in [6.07, 6.45) is 0.490. The van der Waals surface area contributed by atoms with Crippen molar-refractivity contribution in [2.45, 2.75) is 32.4 Å². The highest BCUT2D eigenvalue weighted by atomic mass is 19.2.